The number of rotatable bonds is 6. The molecule has 3 aromatic rings. The lowest BCUT2D eigenvalue weighted by atomic mass is 10.1. The van der Waals surface area contributed by atoms with Crippen molar-refractivity contribution in [1.29, 1.82) is 0 Å². The molecule has 1 N–H and O–H groups in total. The Balaban J connectivity index is 1.11. The summed E-state index contributed by atoms with van der Waals surface area (Å²) in [4.78, 5) is 34.7. The molecule has 9 nitrogen and oxygen atoms in total. The Morgan fingerprint density at radius 2 is 2.00 bits per heavy atom. The van der Waals surface area contributed by atoms with Gasteiger partial charge in [-0.2, -0.15) is 0 Å². The van der Waals surface area contributed by atoms with E-state index in [-0.39, 0.29) is 24.3 Å². The highest BCUT2D eigenvalue weighted by Crippen LogP contribution is 2.32. The van der Waals surface area contributed by atoms with E-state index in [0.717, 1.165) is 53.9 Å². The van der Waals surface area contributed by atoms with Crippen molar-refractivity contribution in [3.8, 4) is 11.5 Å². The van der Waals surface area contributed by atoms with E-state index >= 15 is 0 Å². The van der Waals surface area contributed by atoms with Crippen LogP contribution in [0.3, 0.4) is 0 Å². The van der Waals surface area contributed by atoms with Gasteiger partial charge in [-0.25, -0.2) is 4.98 Å². The number of benzene rings is 1. The zero-order valence-corrected chi connectivity index (χ0v) is 18.6. The van der Waals surface area contributed by atoms with Crippen LogP contribution >= 0.6 is 11.3 Å². The number of nitrogens with zero attached hydrogens (tertiary/aromatic N) is 4. The molecule has 2 aliphatic rings. The van der Waals surface area contributed by atoms with E-state index in [4.69, 9.17) is 9.47 Å². The summed E-state index contributed by atoms with van der Waals surface area (Å²) in [6.45, 7) is 6.50. The number of thiazole rings is 1. The molecule has 1 amide bonds. The number of nitrogens with one attached hydrogen (secondary N) is 1. The summed E-state index contributed by atoms with van der Waals surface area (Å²) in [5.74, 6) is 1.47. The molecule has 0 radical (unpaired) electrons. The molecule has 1 fully saturated rings. The van der Waals surface area contributed by atoms with E-state index in [9.17, 15) is 9.59 Å². The third-order valence-corrected chi connectivity index (χ3v) is 6.74. The third-order valence-electron chi connectivity index (χ3n) is 5.98. The monoisotopic (exact) mass is 455 g/mol. The van der Waals surface area contributed by atoms with Gasteiger partial charge in [-0.3, -0.25) is 23.8 Å². The molecule has 5 rings (SSSR count). The summed E-state index contributed by atoms with van der Waals surface area (Å²) in [5.41, 5.74) is 1.73. The number of piperazine rings is 1. The van der Waals surface area contributed by atoms with Crippen molar-refractivity contribution in [1.82, 2.24) is 24.5 Å². The lowest BCUT2D eigenvalue weighted by Crippen LogP contribution is -2.53. The van der Waals surface area contributed by atoms with Crippen LogP contribution in [0.25, 0.3) is 4.96 Å². The van der Waals surface area contributed by atoms with E-state index in [1.807, 2.05) is 30.5 Å². The van der Waals surface area contributed by atoms with E-state index < -0.39 is 0 Å². The minimum atomic E-state index is -0.212. The fraction of sp³-hybridized carbons (Fsp3) is 0.409. The Kier molecular flexibility index (Phi) is 5.81. The first-order valence-electron chi connectivity index (χ1n) is 10.7. The van der Waals surface area contributed by atoms with Gasteiger partial charge in [-0.1, -0.05) is 6.07 Å². The van der Waals surface area contributed by atoms with Gasteiger partial charge < -0.3 is 14.8 Å². The minimum absolute atomic E-state index is 0.00829. The molecule has 0 aliphatic carbocycles. The van der Waals surface area contributed by atoms with Crippen LogP contribution in [0.5, 0.6) is 11.5 Å². The molecule has 1 saturated heterocycles. The van der Waals surface area contributed by atoms with Gasteiger partial charge in [0, 0.05) is 56.9 Å². The number of amides is 1. The molecular weight excluding hydrogens is 430 g/mol. The largest absolute Gasteiger partial charge is 0.454 e. The Labute approximate surface area is 189 Å². The van der Waals surface area contributed by atoms with E-state index in [0.29, 0.717) is 13.1 Å². The zero-order valence-electron chi connectivity index (χ0n) is 17.8. The number of hydrogen-bond acceptors (Lipinski definition) is 8. The van der Waals surface area contributed by atoms with Crippen molar-refractivity contribution < 1.29 is 14.3 Å². The van der Waals surface area contributed by atoms with Crippen molar-refractivity contribution in [2.24, 2.45) is 0 Å². The molecular formula is C22H25N5O4S. The SMILES string of the molecule is CC(C(=O)NCc1ccc2c(c1)OCO2)N1CCN(Cc2cc(=O)n3ccsc3n2)CC1. The van der Waals surface area contributed by atoms with Crippen molar-refractivity contribution in [3.63, 3.8) is 0 Å². The van der Waals surface area contributed by atoms with Gasteiger partial charge in [-0.15, -0.1) is 11.3 Å². The first-order chi connectivity index (χ1) is 15.6. The molecule has 0 spiro atoms. The minimum Gasteiger partial charge on any atom is -0.454 e. The van der Waals surface area contributed by atoms with Gasteiger partial charge in [0.2, 0.25) is 12.7 Å². The standard InChI is InChI=1S/C22H25N5O4S/c1-15(21(29)23-12-16-2-3-18-19(10-16)31-14-30-18)26-6-4-25(5-7-26)13-17-11-20(28)27-8-9-32-22(27)24-17/h2-3,8-11,15H,4-7,12-14H2,1H3,(H,23,29). The highest BCUT2D eigenvalue weighted by molar-refractivity contribution is 7.15. The first-order valence-corrected chi connectivity index (χ1v) is 11.5. The third kappa shape index (κ3) is 4.34. The van der Waals surface area contributed by atoms with Crippen molar-refractivity contribution in [2.45, 2.75) is 26.1 Å². The summed E-state index contributed by atoms with van der Waals surface area (Å²) in [5, 5.41) is 4.89. The van der Waals surface area contributed by atoms with Crippen molar-refractivity contribution >= 4 is 22.2 Å². The summed E-state index contributed by atoms with van der Waals surface area (Å²) >= 11 is 1.46. The van der Waals surface area contributed by atoms with Crippen LogP contribution in [-0.4, -0.2) is 64.1 Å². The molecule has 2 aromatic heterocycles. The Hall–Kier alpha value is -2.95. The van der Waals surface area contributed by atoms with Crippen LogP contribution < -0.4 is 20.3 Å². The maximum absolute atomic E-state index is 12.7. The van der Waals surface area contributed by atoms with Gasteiger partial charge in [-0.05, 0) is 24.6 Å². The lowest BCUT2D eigenvalue weighted by Gasteiger charge is -2.37. The van der Waals surface area contributed by atoms with E-state index in [2.05, 4.69) is 20.1 Å². The van der Waals surface area contributed by atoms with Crippen molar-refractivity contribution in [2.75, 3.05) is 33.0 Å². The average Bonchev–Trinajstić information content (AvgIpc) is 3.46. The average molecular weight is 456 g/mol. The van der Waals surface area contributed by atoms with Crippen LogP contribution in [0.1, 0.15) is 18.2 Å². The molecule has 1 atom stereocenters. The number of aromatic nitrogens is 2. The summed E-state index contributed by atoms with van der Waals surface area (Å²) in [7, 11) is 0. The van der Waals surface area contributed by atoms with Gasteiger partial charge in [0.1, 0.15) is 0 Å². The summed E-state index contributed by atoms with van der Waals surface area (Å²) in [6, 6.07) is 7.10. The number of hydrogen-bond donors (Lipinski definition) is 1. The molecule has 1 aromatic carbocycles. The topological polar surface area (TPSA) is 88.4 Å². The normalized spacial score (nSPS) is 17.5. The van der Waals surface area contributed by atoms with E-state index in [1.165, 1.54) is 11.3 Å². The predicted octanol–water partition coefficient (Wildman–Crippen LogP) is 1.31. The Bertz CT molecular complexity index is 1180. The Morgan fingerprint density at radius 1 is 1.19 bits per heavy atom. The van der Waals surface area contributed by atoms with Crippen LogP contribution in [-0.2, 0) is 17.9 Å². The molecule has 10 heteroatoms. The molecule has 4 heterocycles. The van der Waals surface area contributed by atoms with Crippen molar-refractivity contribution in [3.05, 3.63) is 57.5 Å². The zero-order chi connectivity index (χ0) is 22.1. The second kappa shape index (κ2) is 8.89. The van der Waals surface area contributed by atoms with Gasteiger partial charge in [0.25, 0.3) is 5.56 Å². The first kappa shape index (κ1) is 20.9. The van der Waals surface area contributed by atoms with Crippen LogP contribution in [0.15, 0.2) is 40.6 Å². The van der Waals surface area contributed by atoms with Gasteiger partial charge >= 0.3 is 0 Å². The lowest BCUT2D eigenvalue weighted by molar-refractivity contribution is -0.126. The molecule has 1 unspecified atom stereocenters. The predicted molar refractivity (Wildman–Crippen MR) is 120 cm³/mol. The number of carbonyl (C=O) groups is 1. The molecule has 0 bridgehead atoms. The second-order valence-corrected chi connectivity index (χ2v) is 8.91. The molecule has 0 saturated carbocycles. The van der Waals surface area contributed by atoms with Gasteiger partial charge in [0.15, 0.2) is 16.5 Å². The fourth-order valence-electron chi connectivity index (χ4n) is 4.06. The second-order valence-electron chi connectivity index (χ2n) is 8.03. The summed E-state index contributed by atoms with van der Waals surface area (Å²) < 4.78 is 12.3. The number of carbonyl (C=O) groups excluding carboxylic acids is 1. The fourth-order valence-corrected chi connectivity index (χ4v) is 4.80. The van der Waals surface area contributed by atoms with Crippen LogP contribution in [0.4, 0.5) is 0 Å². The maximum Gasteiger partial charge on any atom is 0.258 e. The maximum atomic E-state index is 12.7. The Morgan fingerprint density at radius 3 is 2.84 bits per heavy atom. The molecule has 168 valence electrons. The quantitative estimate of drug-likeness (QED) is 0.600. The smallest absolute Gasteiger partial charge is 0.258 e. The molecule has 2 aliphatic heterocycles. The number of fused-ring (bicyclic) bond motifs is 2. The van der Waals surface area contributed by atoms with E-state index in [1.54, 1.807) is 16.7 Å². The van der Waals surface area contributed by atoms with Gasteiger partial charge in [0.05, 0.1) is 11.7 Å². The molecule has 32 heavy (non-hydrogen) atoms. The highest BCUT2D eigenvalue weighted by atomic mass is 32.1. The summed E-state index contributed by atoms with van der Waals surface area (Å²) in [6.07, 6.45) is 1.75. The van der Waals surface area contributed by atoms with Crippen LogP contribution in [0.2, 0.25) is 0 Å². The van der Waals surface area contributed by atoms with Crippen LogP contribution in [0, 0.1) is 0 Å². The number of ether oxygens (including phenoxy) is 2. The highest BCUT2D eigenvalue weighted by Gasteiger charge is 2.26.